The summed E-state index contributed by atoms with van der Waals surface area (Å²) in [6, 6.07) is 7.93. The average molecular weight is 296 g/mol. The number of hydrogen-bond acceptors (Lipinski definition) is 6. The summed E-state index contributed by atoms with van der Waals surface area (Å²) in [5.41, 5.74) is 3.24. The van der Waals surface area contributed by atoms with Gasteiger partial charge >= 0.3 is 0 Å². The number of aromatic nitrogens is 3. The van der Waals surface area contributed by atoms with Crippen LogP contribution in [0.3, 0.4) is 0 Å². The highest BCUT2D eigenvalue weighted by atomic mass is 16.4. The van der Waals surface area contributed by atoms with Crippen molar-refractivity contribution in [1.82, 2.24) is 15.0 Å². The van der Waals surface area contributed by atoms with Crippen molar-refractivity contribution in [2.45, 2.75) is 26.0 Å². The van der Waals surface area contributed by atoms with E-state index in [4.69, 9.17) is 4.42 Å². The van der Waals surface area contributed by atoms with Crippen LogP contribution < -0.4 is 4.90 Å². The molecule has 3 heterocycles. The minimum Gasteiger partial charge on any atom is -0.422 e. The van der Waals surface area contributed by atoms with E-state index in [-0.39, 0.29) is 0 Å². The number of hydrogen-bond donors (Lipinski definition) is 1. The molecule has 1 aliphatic heterocycles. The first-order valence-electron chi connectivity index (χ1n) is 7.37. The summed E-state index contributed by atoms with van der Waals surface area (Å²) in [5.74, 6) is 1.36. The summed E-state index contributed by atoms with van der Waals surface area (Å²) >= 11 is 0. The van der Waals surface area contributed by atoms with E-state index >= 15 is 0 Å². The molecule has 0 spiro atoms. The van der Waals surface area contributed by atoms with Crippen molar-refractivity contribution in [3.05, 3.63) is 47.6 Å². The van der Waals surface area contributed by atoms with E-state index in [2.05, 4.69) is 15.0 Å². The van der Waals surface area contributed by atoms with Gasteiger partial charge in [0.1, 0.15) is 6.33 Å². The topological polar surface area (TPSA) is 75.3 Å². The van der Waals surface area contributed by atoms with Gasteiger partial charge in [-0.15, -0.1) is 0 Å². The average Bonchev–Trinajstić information content (AvgIpc) is 2.98. The molecule has 1 unspecified atom stereocenters. The third-order valence-electron chi connectivity index (χ3n) is 3.99. The summed E-state index contributed by atoms with van der Waals surface area (Å²) in [6.07, 6.45) is 1.66. The second-order valence-electron chi connectivity index (χ2n) is 5.41. The summed E-state index contributed by atoms with van der Waals surface area (Å²) in [4.78, 5) is 15.0. The number of oxazole rings is 1. The summed E-state index contributed by atoms with van der Waals surface area (Å²) in [6.45, 7) is 3.16. The van der Waals surface area contributed by atoms with E-state index < -0.39 is 6.10 Å². The van der Waals surface area contributed by atoms with Crippen molar-refractivity contribution in [3.8, 4) is 0 Å². The molecule has 1 atom stereocenters. The van der Waals surface area contributed by atoms with E-state index in [9.17, 15) is 5.11 Å². The Bertz CT molecular complexity index is 830. The van der Waals surface area contributed by atoms with Gasteiger partial charge in [0.15, 0.2) is 17.2 Å². The van der Waals surface area contributed by atoms with Crippen LogP contribution in [0.4, 0.5) is 5.82 Å². The molecule has 22 heavy (non-hydrogen) atoms. The first-order valence-corrected chi connectivity index (χ1v) is 7.37. The SMILES string of the molecule is CCc1nc2c(N3Cc4ccccc4C(O)C3)ncnc2o1. The maximum Gasteiger partial charge on any atom is 0.252 e. The third kappa shape index (κ3) is 2.03. The maximum absolute atomic E-state index is 10.4. The lowest BCUT2D eigenvalue weighted by atomic mass is 9.97. The molecule has 0 saturated carbocycles. The van der Waals surface area contributed by atoms with Crippen LogP contribution in [0.1, 0.15) is 30.0 Å². The Morgan fingerprint density at radius 3 is 3.05 bits per heavy atom. The molecule has 0 fully saturated rings. The van der Waals surface area contributed by atoms with Crippen molar-refractivity contribution < 1.29 is 9.52 Å². The molecular formula is C16H16N4O2. The molecule has 1 aromatic carbocycles. The van der Waals surface area contributed by atoms with Crippen LogP contribution in [0.15, 0.2) is 35.0 Å². The van der Waals surface area contributed by atoms with Crippen molar-refractivity contribution in [2.75, 3.05) is 11.4 Å². The lowest BCUT2D eigenvalue weighted by molar-refractivity contribution is 0.175. The molecule has 0 bridgehead atoms. The van der Waals surface area contributed by atoms with E-state index in [1.807, 2.05) is 36.1 Å². The van der Waals surface area contributed by atoms with Crippen LogP contribution in [0, 0.1) is 0 Å². The zero-order valence-corrected chi connectivity index (χ0v) is 12.2. The van der Waals surface area contributed by atoms with E-state index in [0.29, 0.717) is 42.4 Å². The van der Waals surface area contributed by atoms with Crippen molar-refractivity contribution in [2.24, 2.45) is 0 Å². The highest BCUT2D eigenvalue weighted by Gasteiger charge is 2.26. The highest BCUT2D eigenvalue weighted by molar-refractivity contribution is 5.81. The van der Waals surface area contributed by atoms with Crippen LogP contribution in [-0.2, 0) is 13.0 Å². The number of rotatable bonds is 2. The number of β-amino-alcohol motifs (C(OH)–C–C–N with tert-alkyl or cyclic N) is 1. The van der Waals surface area contributed by atoms with Crippen LogP contribution >= 0.6 is 0 Å². The monoisotopic (exact) mass is 296 g/mol. The number of benzene rings is 1. The first kappa shape index (κ1) is 13.2. The van der Waals surface area contributed by atoms with Crippen LogP contribution in [0.5, 0.6) is 0 Å². The predicted octanol–water partition coefficient (Wildman–Crippen LogP) is 2.23. The normalized spacial score (nSPS) is 17.7. The van der Waals surface area contributed by atoms with Gasteiger partial charge in [-0.05, 0) is 11.1 Å². The lowest BCUT2D eigenvalue weighted by Crippen LogP contribution is -2.34. The number of aliphatic hydroxyl groups is 1. The minimum atomic E-state index is -0.535. The number of aryl methyl sites for hydroxylation is 1. The van der Waals surface area contributed by atoms with Gasteiger partial charge in [0.2, 0.25) is 0 Å². The van der Waals surface area contributed by atoms with Gasteiger partial charge in [0.05, 0.1) is 6.10 Å². The highest BCUT2D eigenvalue weighted by Crippen LogP contribution is 2.31. The van der Waals surface area contributed by atoms with Crippen LogP contribution in [0.2, 0.25) is 0 Å². The van der Waals surface area contributed by atoms with Gasteiger partial charge < -0.3 is 14.4 Å². The molecule has 0 amide bonds. The Hall–Kier alpha value is -2.47. The molecule has 6 heteroatoms. The van der Waals surface area contributed by atoms with Crippen LogP contribution in [-0.4, -0.2) is 26.6 Å². The van der Waals surface area contributed by atoms with Crippen LogP contribution in [0.25, 0.3) is 11.2 Å². The lowest BCUT2D eigenvalue weighted by Gasteiger charge is -2.32. The maximum atomic E-state index is 10.4. The molecule has 3 aromatic rings. The first-order chi connectivity index (χ1) is 10.8. The molecule has 1 aliphatic rings. The predicted molar refractivity (Wildman–Crippen MR) is 81.4 cm³/mol. The van der Waals surface area contributed by atoms with Crippen molar-refractivity contribution >= 4 is 17.0 Å². The number of fused-ring (bicyclic) bond motifs is 2. The molecule has 4 rings (SSSR count). The zero-order valence-electron chi connectivity index (χ0n) is 12.2. The molecule has 0 saturated heterocycles. The summed E-state index contributed by atoms with van der Waals surface area (Å²) < 4.78 is 5.59. The Balaban J connectivity index is 1.78. The van der Waals surface area contributed by atoms with Crippen molar-refractivity contribution in [1.29, 1.82) is 0 Å². The second kappa shape index (κ2) is 5.06. The number of nitrogens with zero attached hydrogens (tertiary/aromatic N) is 4. The van der Waals surface area contributed by atoms with Gasteiger partial charge in [0.25, 0.3) is 5.71 Å². The summed E-state index contributed by atoms with van der Waals surface area (Å²) in [7, 11) is 0. The van der Waals surface area contributed by atoms with E-state index in [1.54, 1.807) is 0 Å². The largest absolute Gasteiger partial charge is 0.422 e. The number of aliphatic hydroxyl groups excluding tert-OH is 1. The summed E-state index contributed by atoms with van der Waals surface area (Å²) in [5, 5.41) is 10.4. The fraction of sp³-hybridized carbons (Fsp3) is 0.312. The number of anilines is 1. The third-order valence-corrected chi connectivity index (χ3v) is 3.99. The Morgan fingerprint density at radius 2 is 2.18 bits per heavy atom. The fourth-order valence-corrected chi connectivity index (χ4v) is 2.91. The molecule has 0 radical (unpaired) electrons. The minimum absolute atomic E-state index is 0.484. The Morgan fingerprint density at radius 1 is 1.32 bits per heavy atom. The molecule has 2 aromatic heterocycles. The molecule has 112 valence electrons. The quantitative estimate of drug-likeness (QED) is 0.781. The van der Waals surface area contributed by atoms with Crippen molar-refractivity contribution in [3.63, 3.8) is 0 Å². The van der Waals surface area contributed by atoms with Gasteiger partial charge in [-0.25, -0.2) is 9.97 Å². The van der Waals surface area contributed by atoms with Gasteiger partial charge in [-0.1, -0.05) is 31.2 Å². The second-order valence-corrected chi connectivity index (χ2v) is 5.41. The zero-order chi connectivity index (χ0) is 15.1. The molecule has 0 aliphatic carbocycles. The Kier molecular flexibility index (Phi) is 3.04. The standard InChI is InChI=1S/C16H16N4O2/c1-2-13-19-14-15(17-9-18-16(14)22-13)20-7-10-5-3-4-6-11(10)12(21)8-20/h3-6,9,12,21H,2,7-8H2,1H3. The fourth-order valence-electron chi connectivity index (χ4n) is 2.91. The molecule has 6 nitrogen and oxygen atoms in total. The van der Waals surface area contributed by atoms with E-state index in [1.165, 1.54) is 6.33 Å². The van der Waals surface area contributed by atoms with Gasteiger partial charge in [0, 0.05) is 19.5 Å². The smallest absolute Gasteiger partial charge is 0.252 e. The molecule has 1 N–H and O–H groups in total. The molecular weight excluding hydrogens is 280 g/mol. The van der Waals surface area contributed by atoms with E-state index in [0.717, 1.165) is 11.1 Å². The Labute approximate surface area is 127 Å². The van der Waals surface area contributed by atoms with Gasteiger partial charge in [-0.2, -0.15) is 4.98 Å². The van der Waals surface area contributed by atoms with Gasteiger partial charge in [-0.3, -0.25) is 0 Å².